The van der Waals surface area contributed by atoms with Crippen molar-refractivity contribution in [1.29, 1.82) is 0 Å². The number of hydrogen-bond donors (Lipinski definition) is 2. The summed E-state index contributed by atoms with van der Waals surface area (Å²) in [6, 6.07) is 5.88. The lowest BCUT2D eigenvalue weighted by Gasteiger charge is -2.22. The Morgan fingerprint density at radius 3 is 2.40 bits per heavy atom. The van der Waals surface area contributed by atoms with E-state index in [2.05, 4.69) is 10.0 Å². The highest BCUT2D eigenvalue weighted by Gasteiger charge is 2.26. The Morgan fingerprint density at radius 1 is 1.03 bits per heavy atom. The van der Waals surface area contributed by atoms with Crippen molar-refractivity contribution in [2.45, 2.75) is 81.7 Å². The van der Waals surface area contributed by atoms with Gasteiger partial charge in [0.15, 0.2) is 5.13 Å². The number of anilines is 1. The molecule has 2 N–H and O–H groups in total. The Morgan fingerprint density at radius 2 is 1.70 bits per heavy atom. The molecular formula is C22H31N3O3S2. The summed E-state index contributed by atoms with van der Waals surface area (Å²) in [4.78, 5) is 5.90. The van der Waals surface area contributed by atoms with E-state index in [0.29, 0.717) is 11.8 Å². The number of aromatic nitrogens is 1. The predicted molar refractivity (Wildman–Crippen MR) is 122 cm³/mol. The molecule has 6 nitrogen and oxygen atoms in total. The van der Waals surface area contributed by atoms with Gasteiger partial charge < -0.3 is 10.1 Å². The number of ether oxygens (including phenoxy) is 1. The van der Waals surface area contributed by atoms with Gasteiger partial charge in [0.05, 0.1) is 17.7 Å². The number of thiazole rings is 1. The number of sulfonamides is 1. The summed E-state index contributed by atoms with van der Waals surface area (Å²) < 4.78 is 34.4. The first-order valence-corrected chi connectivity index (χ1v) is 13.2. The summed E-state index contributed by atoms with van der Waals surface area (Å²) >= 11 is 1.59. The normalized spacial score (nSPS) is 18.6. The molecule has 8 heteroatoms. The van der Waals surface area contributed by atoms with Gasteiger partial charge in [-0.1, -0.05) is 43.4 Å². The van der Waals surface area contributed by atoms with E-state index in [1.807, 2.05) is 13.0 Å². The van der Waals surface area contributed by atoms with Crippen LogP contribution in [0.3, 0.4) is 0 Å². The van der Waals surface area contributed by atoms with Crippen molar-refractivity contribution in [3.8, 4) is 16.2 Å². The van der Waals surface area contributed by atoms with Crippen molar-refractivity contribution < 1.29 is 13.2 Å². The Bertz CT molecular complexity index is 976. The summed E-state index contributed by atoms with van der Waals surface area (Å²) in [6.07, 6.45) is 10.2. The number of benzene rings is 1. The lowest BCUT2D eigenvalue weighted by Crippen LogP contribution is -2.32. The number of rotatable bonds is 7. The molecule has 0 atom stereocenters. The molecule has 164 valence electrons. The fraction of sp³-hybridized carbons (Fsp3) is 0.591. The summed E-state index contributed by atoms with van der Waals surface area (Å²) in [6.45, 7) is 1.98. The van der Waals surface area contributed by atoms with Gasteiger partial charge in [-0.2, -0.15) is 0 Å². The molecule has 2 aliphatic carbocycles. The average Bonchev–Trinajstić information content (AvgIpc) is 3.37. The highest BCUT2D eigenvalue weighted by molar-refractivity contribution is 7.89. The SMILES string of the molecule is COc1ccc(-c2sc(NC3CCCCC3)nc2C)cc1S(=O)(=O)NC1CCCC1. The second-order valence-electron chi connectivity index (χ2n) is 8.38. The predicted octanol–water partition coefficient (Wildman–Crippen LogP) is 5.09. The average molecular weight is 450 g/mol. The third kappa shape index (κ3) is 4.81. The minimum absolute atomic E-state index is 0.0137. The Balaban J connectivity index is 1.61. The standard InChI is InChI=1S/C22H31N3O3S2/c1-15-21(29-22(23-15)24-17-8-4-3-5-9-17)16-12-13-19(28-2)20(14-16)30(26,27)25-18-10-6-7-11-18/h12-14,17-18,25H,3-11H2,1-2H3,(H,23,24). The minimum atomic E-state index is -3.65. The van der Waals surface area contributed by atoms with Crippen molar-refractivity contribution in [2.24, 2.45) is 0 Å². The van der Waals surface area contributed by atoms with E-state index in [1.165, 1.54) is 39.2 Å². The summed E-state index contributed by atoms with van der Waals surface area (Å²) in [5.41, 5.74) is 1.77. The van der Waals surface area contributed by atoms with E-state index >= 15 is 0 Å². The Hall–Kier alpha value is -1.64. The molecule has 0 aliphatic heterocycles. The fourth-order valence-electron chi connectivity index (χ4n) is 4.50. The van der Waals surface area contributed by atoms with Gasteiger partial charge in [0.2, 0.25) is 10.0 Å². The van der Waals surface area contributed by atoms with E-state index in [4.69, 9.17) is 9.72 Å². The van der Waals surface area contributed by atoms with Crippen molar-refractivity contribution in [3.05, 3.63) is 23.9 Å². The lowest BCUT2D eigenvalue weighted by molar-refractivity contribution is 0.402. The molecule has 0 saturated heterocycles. The maximum Gasteiger partial charge on any atom is 0.244 e. The zero-order valence-corrected chi connectivity index (χ0v) is 19.4. The number of methoxy groups -OCH3 is 1. The summed E-state index contributed by atoms with van der Waals surface area (Å²) in [5.74, 6) is 0.368. The van der Waals surface area contributed by atoms with E-state index in [1.54, 1.807) is 23.5 Å². The van der Waals surface area contributed by atoms with E-state index in [9.17, 15) is 8.42 Å². The minimum Gasteiger partial charge on any atom is -0.495 e. The first kappa shape index (κ1) is 21.6. The molecule has 4 rings (SSSR count). The van der Waals surface area contributed by atoms with Crippen LogP contribution < -0.4 is 14.8 Å². The second-order valence-corrected chi connectivity index (χ2v) is 11.1. The van der Waals surface area contributed by atoms with Gasteiger partial charge in [0.1, 0.15) is 10.6 Å². The fourth-order valence-corrected chi connectivity index (χ4v) is 7.04. The molecular weight excluding hydrogens is 418 g/mol. The van der Waals surface area contributed by atoms with Crippen molar-refractivity contribution in [3.63, 3.8) is 0 Å². The van der Waals surface area contributed by atoms with E-state index in [0.717, 1.165) is 46.9 Å². The van der Waals surface area contributed by atoms with Crippen LogP contribution in [0, 0.1) is 6.92 Å². The van der Waals surface area contributed by atoms with E-state index in [-0.39, 0.29) is 10.9 Å². The zero-order valence-electron chi connectivity index (χ0n) is 17.7. The van der Waals surface area contributed by atoms with Crippen LogP contribution in [0.4, 0.5) is 5.13 Å². The van der Waals surface area contributed by atoms with Crippen molar-refractivity contribution >= 4 is 26.5 Å². The molecule has 30 heavy (non-hydrogen) atoms. The molecule has 1 aromatic carbocycles. The summed E-state index contributed by atoms with van der Waals surface area (Å²) in [5, 5.41) is 4.50. The monoisotopic (exact) mass is 449 g/mol. The topological polar surface area (TPSA) is 80.3 Å². The molecule has 2 aromatic rings. The first-order valence-electron chi connectivity index (χ1n) is 10.9. The summed E-state index contributed by atoms with van der Waals surface area (Å²) in [7, 11) is -2.14. The van der Waals surface area contributed by atoms with Gasteiger partial charge in [-0.15, -0.1) is 0 Å². The molecule has 0 unspecified atom stereocenters. The molecule has 0 radical (unpaired) electrons. The first-order chi connectivity index (χ1) is 14.5. The Labute approximate surface area is 183 Å². The third-order valence-electron chi connectivity index (χ3n) is 6.12. The molecule has 1 aromatic heterocycles. The highest BCUT2D eigenvalue weighted by atomic mass is 32.2. The van der Waals surface area contributed by atoms with Crippen LogP contribution in [0.1, 0.15) is 63.5 Å². The van der Waals surface area contributed by atoms with Crippen LogP contribution >= 0.6 is 11.3 Å². The number of nitrogens with one attached hydrogen (secondary N) is 2. The Kier molecular flexibility index (Phi) is 6.65. The van der Waals surface area contributed by atoms with Crippen LogP contribution in [0.25, 0.3) is 10.4 Å². The number of nitrogens with zero attached hydrogens (tertiary/aromatic N) is 1. The van der Waals surface area contributed by atoms with Gasteiger partial charge in [-0.05, 0) is 56.4 Å². The van der Waals surface area contributed by atoms with Gasteiger partial charge in [0.25, 0.3) is 0 Å². The van der Waals surface area contributed by atoms with Gasteiger partial charge >= 0.3 is 0 Å². The lowest BCUT2D eigenvalue weighted by atomic mass is 9.96. The largest absolute Gasteiger partial charge is 0.495 e. The van der Waals surface area contributed by atoms with Gasteiger partial charge in [-0.25, -0.2) is 18.1 Å². The molecule has 2 saturated carbocycles. The van der Waals surface area contributed by atoms with E-state index < -0.39 is 10.0 Å². The smallest absolute Gasteiger partial charge is 0.244 e. The highest BCUT2D eigenvalue weighted by Crippen LogP contribution is 2.37. The van der Waals surface area contributed by atoms with Gasteiger partial charge in [0, 0.05) is 12.1 Å². The van der Waals surface area contributed by atoms with Crippen LogP contribution in [-0.2, 0) is 10.0 Å². The molecule has 2 fully saturated rings. The maximum atomic E-state index is 13.1. The molecule has 0 amide bonds. The quantitative estimate of drug-likeness (QED) is 0.615. The molecule has 2 aliphatic rings. The second kappa shape index (κ2) is 9.24. The van der Waals surface area contributed by atoms with Crippen molar-refractivity contribution in [2.75, 3.05) is 12.4 Å². The molecule has 0 spiro atoms. The van der Waals surface area contributed by atoms with Gasteiger partial charge in [-0.3, -0.25) is 0 Å². The van der Waals surface area contributed by atoms with Crippen LogP contribution in [0.2, 0.25) is 0 Å². The number of hydrogen-bond acceptors (Lipinski definition) is 6. The molecule has 1 heterocycles. The molecule has 0 bridgehead atoms. The zero-order chi connectivity index (χ0) is 21.1. The van der Waals surface area contributed by atoms with Crippen molar-refractivity contribution in [1.82, 2.24) is 9.71 Å². The maximum absolute atomic E-state index is 13.1. The third-order valence-corrected chi connectivity index (χ3v) is 8.80. The van der Waals surface area contributed by atoms with Crippen LogP contribution in [0.15, 0.2) is 23.1 Å². The van der Waals surface area contributed by atoms with Crippen LogP contribution in [0.5, 0.6) is 5.75 Å². The van der Waals surface area contributed by atoms with Crippen LogP contribution in [-0.4, -0.2) is 32.6 Å². The number of aryl methyl sites for hydroxylation is 1.